The number of benzene rings is 1. The van der Waals surface area contributed by atoms with Gasteiger partial charge in [-0.2, -0.15) is 0 Å². The van der Waals surface area contributed by atoms with Crippen LogP contribution in [0.25, 0.3) is 0 Å². The molecule has 0 atom stereocenters. The molecule has 1 fully saturated rings. The van der Waals surface area contributed by atoms with Crippen molar-refractivity contribution in [1.82, 2.24) is 5.32 Å². The van der Waals surface area contributed by atoms with Crippen LogP contribution in [-0.4, -0.2) is 29.3 Å². The third-order valence-corrected chi connectivity index (χ3v) is 4.44. The molecule has 21 heavy (non-hydrogen) atoms. The minimum Gasteiger partial charge on any atom is -0.409 e. The van der Waals surface area contributed by atoms with E-state index in [4.69, 9.17) is 10.9 Å². The molecule has 0 aromatic heterocycles. The van der Waals surface area contributed by atoms with Crippen LogP contribution in [0.2, 0.25) is 0 Å². The molecule has 0 aliphatic heterocycles. The van der Waals surface area contributed by atoms with Gasteiger partial charge < -0.3 is 21.4 Å². The van der Waals surface area contributed by atoms with Crippen LogP contribution >= 0.6 is 0 Å². The number of hydrogen-bond donors (Lipinski definition) is 4. The largest absolute Gasteiger partial charge is 0.409 e. The topological polar surface area (TPSA) is 90.9 Å². The van der Waals surface area contributed by atoms with Crippen LogP contribution in [0.4, 0.5) is 0 Å². The fourth-order valence-corrected chi connectivity index (χ4v) is 3.02. The Hall–Kier alpha value is -1.59. The Morgan fingerprint density at radius 3 is 2.43 bits per heavy atom. The van der Waals surface area contributed by atoms with Crippen LogP contribution in [0, 0.1) is 5.41 Å². The summed E-state index contributed by atoms with van der Waals surface area (Å²) in [7, 11) is 0. The van der Waals surface area contributed by atoms with Crippen molar-refractivity contribution in [1.29, 1.82) is 0 Å². The van der Waals surface area contributed by atoms with E-state index in [-0.39, 0.29) is 17.9 Å². The first-order valence-electron chi connectivity index (χ1n) is 7.57. The summed E-state index contributed by atoms with van der Waals surface area (Å²) in [5.41, 5.74) is 7.45. The Balaban J connectivity index is 1.85. The zero-order valence-electron chi connectivity index (χ0n) is 12.4. The second-order valence-corrected chi connectivity index (χ2v) is 6.00. The van der Waals surface area contributed by atoms with E-state index in [0.717, 1.165) is 31.5 Å². The van der Waals surface area contributed by atoms with Gasteiger partial charge in [0, 0.05) is 30.7 Å². The van der Waals surface area contributed by atoms with Crippen molar-refractivity contribution in [3.05, 3.63) is 35.4 Å². The molecule has 1 aliphatic rings. The van der Waals surface area contributed by atoms with Crippen LogP contribution in [0.15, 0.2) is 29.4 Å². The molecule has 2 rings (SSSR count). The van der Waals surface area contributed by atoms with Crippen LogP contribution in [0.3, 0.4) is 0 Å². The van der Waals surface area contributed by atoms with Crippen LogP contribution in [0.5, 0.6) is 0 Å². The Labute approximate surface area is 125 Å². The lowest BCUT2D eigenvalue weighted by molar-refractivity contribution is 0.0810. The zero-order valence-corrected chi connectivity index (χ0v) is 12.4. The third-order valence-electron chi connectivity index (χ3n) is 4.44. The summed E-state index contributed by atoms with van der Waals surface area (Å²) in [6.07, 6.45) is 5.95. The van der Waals surface area contributed by atoms with E-state index in [1.807, 2.05) is 24.3 Å². The van der Waals surface area contributed by atoms with Crippen molar-refractivity contribution in [3.8, 4) is 0 Å². The van der Waals surface area contributed by atoms with Gasteiger partial charge in [0.2, 0.25) is 0 Å². The van der Waals surface area contributed by atoms with Crippen LogP contribution in [-0.2, 0) is 6.54 Å². The molecule has 5 heteroatoms. The first kappa shape index (κ1) is 15.8. The molecular formula is C16H25N3O2. The number of amidine groups is 1. The van der Waals surface area contributed by atoms with E-state index < -0.39 is 0 Å². The fraction of sp³-hybridized carbons (Fsp3) is 0.562. The highest BCUT2D eigenvalue weighted by molar-refractivity contribution is 5.96. The van der Waals surface area contributed by atoms with Gasteiger partial charge in [-0.1, -0.05) is 48.7 Å². The molecule has 0 radical (unpaired) electrons. The lowest BCUT2D eigenvalue weighted by Crippen LogP contribution is -2.38. The quantitative estimate of drug-likeness (QED) is 0.278. The van der Waals surface area contributed by atoms with Gasteiger partial charge in [-0.15, -0.1) is 0 Å². The average molecular weight is 291 g/mol. The molecule has 0 unspecified atom stereocenters. The minimum atomic E-state index is 0.0617. The maximum atomic E-state index is 9.67. The van der Waals surface area contributed by atoms with Gasteiger partial charge in [0.25, 0.3) is 0 Å². The molecular weight excluding hydrogens is 266 g/mol. The first-order valence-corrected chi connectivity index (χ1v) is 7.57. The van der Waals surface area contributed by atoms with Gasteiger partial charge in [-0.25, -0.2) is 0 Å². The monoisotopic (exact) mass is 291 g/mol. The maximum Gasteiger partial charge on any atom is 0.170 e. The number of nitrogens with one attached hydrogen (secondary N) is 1. The summed E-state index contributed by atoms with van der Waals surface area (Å²) < 4.78 is 0. The second kappa shape index (κ2) is 7.43. The molecule has 0 spiro atoms. The highest BCUT2D eigenvalue weighted by atomic mass is 16.4. The van der Waals surface area contributed by atoms with Crippen molar-refractivity contribution in [2.24, 2.45) is 16.3 Å². The van der Waals surface area contributed by atoms with E-state index in [1.54, 1.807) is 0 Å². The Kier molecular flexibility index (Phi) is 5.59. The second-order valence-electron chi connectivity index (χ2n) is 6.00. The molecule has 5 nitrogen and oxygen atoms in total. The van der Waals surface area contributed by atoms with Crippen molar-refractivity contribution in [2.75, 3.05) is 13.2 Å². The number of nitrogens with zero attached hydrogens (tertiary/aromatic N) is 1. The summed E-state index contributed by atoms with van der Waals surface area (Å²) in [5, 5.41) is 24.7. The Morgan fingerprint density at radius 2 is 1.86 bits per heavy atom. The molecule has 1 aromatic carbocycles. The lowest BCUT2D eigenvalue weighted by atomic mass is 9.74. The summed E-state index contributed by atoms with van der Waals surface area (Å²) in [4.78, 5) is 0. The van der Waals surface area contributed by atoms with Gasteiger partial charge in [-0.05, 0) is 18.4 Å². The van der Waals surface area contributed by atoms with E-state index in [9.17, 15) is 5.11 Å². The standard InChI is InChI=1S/C16H25N3O2/c17-15(19-21)14-6-4-13(5-7-14)10-18-11-16(12-20)8-2-1-3-9-16/h4-7,18,20-21H,1-3,8-12H2,(H2,17,19). The number of rotatable bonds is 6. The fourth-order valence-electron chi connectivity index (χ4n) is 3.02. The molecule has 5 N–H and O–H groups in total. The van der Waals surface area contributed by atoms with E-state index in [0.29, 0.717) is 5.56 Å². The van der Waals surface area contributed by atoms with E-state index in [1.165, 1.54) is 19.3 Å². The number of hydrogen-bond acceptors (Lipinski definition) is 4. The molecule has 0 amide bonds. The number of nitrogens with two attached hydrogens (primary N) is 1. The van der Waals surface area contributed by atoms with E-state index in [2.05, 4.69) is 10.5 Å². The van der Waals surface area contributed by atoms with Gasteiger partial charge in [0.05, 0.1) is 0 Å². The van der Waals surface area contributed by atoms with Crippen molar-refractivity contribution >= 4 is 5.84 Å². The van der Waals surface area contributed by atoms with Gasteiger partial charge in [0.1, 0.15) is 0 Å². The van der Waals surface area contributed by atoms with Crippen LogP contribution in [0.1, 0.15) is 43.2 Å². The highest BCUT2D eigenvalue weighted by Gasteiger charge is 2.30. The summed E-state index contributed by atoms with van der Waals surface area (Å²) in [5.74, 6) is 0.121. The van der Waals surface area contributed by atoms with Crippen molar-refractivity contribution < 1.29 is 10.3 Å². The first-order chi connectivity index (χ1) is 10.2. The highest BCUT2D eigenvalue weighted by Crippen LogP contribution is 2.35. The molecule has 1 aromatic rings. The molecule has 0 bridgehead atoms. The van der Waals surface area contributed by atoms with Crippen LogP contribution < -0.4 is 11.1 Å². The minimum absolute atomic E-state index is 0.0617. The predicted molar refractivity (Wildman–Crippen MR) is 83.3 cm³/mol. The average Bonchev–Trinajstić information content (AvgIpc) is 2.55. The Morgan fingerprint density at radius 1 is 1.19 bits per heavy atom. The zero-order chi connectivity index (χ0) is 15.1. The molecule has 0 saturated heterocycles. The van der Waals surface area contributed by atoms with Crippen molar-refractivity contribution in [2.45, 2.75) is 38.6 Å². The number of aliphatic hydroxyl groups excluding tert-OH is 1. The smallest absolute Gasteiger partial charge is 0.170 e. The number of oxime groups is 1. The summed E-state index contributed by atoms with van der Waals surface area (Å²) in [6.45, 7) is 1.88. The van der Waals surface area contributed by atoms with Gasteiger partial charge in [-0.3, -0.25) is 0 Å². The molecule has 1 aliphatic carbocycles. The normalized spacial score (nSPS) is 18.6. The molecule has 116 valence electrons. The number of aliphatic hydroxyl groups is 1. The molecule has 1 saturated carbocycles. The SMILES string of the molecule is N/C(=N/O)c1ccc(CNCC2(CO)CCCCC2)cc1. The predicted octanol–water partition coefficient (Wildman–Crippen LogP) is 1.81. The summed E-state index contributed by atoms with van der Waals surface area (Å²) in [6, 6.07) is 7.61. The van der Waals surface area contributed by atoms with Crippen molar-refractivity contribution in [3.63, 3.8) is 0 Å². The third kappa shape index (κ3) is 4.19. The Bertz CT molecular complexity index is 465. The molecule has 0 heterocycles. The maximum absolute atomic E-state index is 9.67. The summed E-state index contributed by atoms with van der Waals surface area (Å²) >= 11 is 0. The van der Waals surface area contributed by atoms with Gasteiger partial charge in [0.15, 0.2) is 5.84 Å². The van der Waals surface area contributed by atoms with Gasteiger partial charge >= 0.3 is 0 Å². The lowest BCUT2D eigenvalue weighted by Gasteiger charge is -2.35. The van der Waals surface area contributed by atoms with E-state index >= 15 is 0 Å².